The van der Waals surface area contributed by atoms with Crippen LogP contribution in [0.3, 0.4) is 0 Å². The van der Waals surface area contributed by atoms with E-state index < -0.39 is 0 Å². The zero-order valence-electron chi connectivity index (χ0n) is 16.4. The monoisotopic (exact) mass is 388 g/mol. The number of nitrogens with one attached hydrogen (secondary N) is 1. The largest absolute Gasteiger partial charge is 0.497 e. The molecule has 148 valence electrons. The predicted octanol–water partition coefficient (Wildman–Crippen LogP) is 4.25. The van der Waals surface area contributed by atoms with Crippen molar-refractivity contribution in [2.24, 2.45) is 0 Å². The maximum absolute atomic E-state index is 12.9. The third-order valence-corrected chi connectivity index (χ3v) is 5.17. The molecule has 1 aliphatic rings. The van der Waals surface area contributed by atoms with Gasteiger partial charge in [0.1, 0.15) is 5.75 Å². The molecule has 1 aliphatic heterocycles. The first kappa shape index (κ1) is 18.9. The fourth-order valence-electron chi connectivity index (χ4n) is 3.63. The van der Waals surface area contributed by atoms with E-state index in [0.29, 0.717) is 18.1 Å². The maximum atomic E-state index is 12.9. The van der Waals surface area contributed by atoms with Crippen molar-refractivity contribution in [3.05, 3.63) is 78.1 Å². The summed E-state index contributed by atoms with van der Waals surface area (Å²) in [6, 6.07) is 19.1. The van der Waals surface area contributed by atoms with E-state index >= 15 is 0 Å². The molecule has 1 N–H and O–H groups in total. The van der Waals surface area contributed by atoms with Gasteiger partial charge in [0.15, 0.2) is 0 Å². The van der Waals surface area contributed by atoms with Crippen molar-refractivity contribution in [2.75, 3.05) is 25.5 Å². The number of hydrogen-bond acceptors (Lipinski definition) is 5. The fourth-order valence-corrected chi connectivity index (χ4v) is 3.63. The van der Waals surface area contributed by atoms with Gasteiger partial charge in [0.25, 0.3) is 5.91 Å². The van der Waals surface area contributed by atoms with Crippen molar-refractivity contribution in [1.29, 1.82) is 0 Å². The van der Waals surface area contributed by atoms with Gasteiger partial charge < -0.3 is 15.0 Å². The standard InChI is InChI=1S/C23H24N4O2/c1-29-20-11-9-17(10-12-20)22(28)27-15-5-6-18(16-27)21-13-14-24-23(26-21)25-19-7-3-2-4-8-19/h2-4,7-14,18H,5-6,15-16H2,1H3,(H,24,25,26). The van der Waals surface area contributed by atoms with Crippen LogP contribution < -0.4 is 10.1 Å². The van der Waals surface area contributed by atoms with Crippen LogP contribution in [0.5, 0.6) is 5.75 Å². The molecule has 0 aliphatic carbocycles. The van der Waals surface area contributed by atoms with E-state index in [1.54, 1.807) is 13.3 Å². The van der Waals surface area contributed by atoms with E-state index in [2.05, 4.69) is 10.3 Å². The maximum Gasteiger partial charge on any atom is 0.253 e. The molecule has 4 rings (SSSR count). The van der Waals surface area contributed by atoms with Crippen LogP contribution in [0.4, 0.5) is 11.6 Å². The average Bonchev–Trinajstić information content (AvgIpc) is 2.79. The molecule has 0 bridgehead atoms. The summed E-state index contributed by atoms with van der Waals surface area (Å²) in [6.45, 7) is 1.42. The number of carbonyl (C=O) groups excluding carboxylic acids is 1. The van der Waals surface area contributed by atoms with Crippen molar-refractivity contribution in [3.63, 3.8) is 0 Å². The SMILES string of the molecule is COc1ccc(C(=O)N2CCCC(c3ccnc(Nc4ccccc4)n3)C2)cc1. The molecular formula is C23H24N4O2. The first-order valence-electron chi connectivity index (χ1n) is 9.81. The number of rotatable bonds is 5. The summed E-state index contributed by atoms with van der Waals surface area (Å²) >= 11 is 0. The fraction of sp³-hybridized carbons (Fsp3) is 0.261. The number of likely N-dealkylation sites (tertiary alicyclic amines) is 1. The van der Waals surface area contributed by atoms with Crippen LogP contribution in [-0.4, -0.2) is 41.0 Å². The highest BCUT2D eigenvalue weighted by molar-refractivity contribution is 5.94. The highest BCUT2D eigenvalue weighted by atomic mass is 16.5. The van der Waals surface area contributed by atoms with Gasteiger partial charge >= 0.3 is 0 Å². The van der Waals surface area contributed by atoms with Crippen molar-refractivity contribution < 1.29 is 9.53 Å². The highest BCUT2D eigenvalue weighted by Crippen LogP contribution is 2.27. The van der Waals surface area contributed by atoms with Crippen LogP contribution in [0.2, 0.25) is 0 Å². The van der Waals surface area contributed by atoms with E-state index in [4.69, 9.17) is 9.72 Å². The molecular weight excluding hydrogens is 364 g/mol. The normalized spacial score (nSPS) is 16.3. The molecule has 0 saturated carbocycles. The summed E-state index contributed by atoms with van der Waals surface area (Å²) in [5.41, 5.74) is 2.59. The first-order chi connectivity index (χ1) is 14.2. The summed E-state index contributed by atoms with van der Waals surface area (Å²) in [5, 5.41) is 3.24. The van der Waals surface area contributed by atoms with E-state index in [1.165, 1.54) is 0 Å². The van der Waals surface area contributed by atoms with Gasteiger partial charge in [-0.05, 0) is 55.3 Å². The number of amides is 1. The van der Waals surface area contributed by atoms with Crippen molar-refractivity contribution in [1.82, 2.24) is 14.9 Å². The van der Waals surface area contributed by atoms with Crippen molar-refractivity contribution in [2.45, 2.75) is 18.8 Å². The van der Waals surface area contributed by atoms with Gasteiger partial charge in [-0.15, -0.1) is 0 Å². The summed E-state index contributed by atoms with van der Waals surface area (Å²) < 4.78 is 5.18. The number of nitrogens with zero attached hydrogens (tertiary/aromatic N) is 3. The quantitative estimate of drug-likeness (QED) is 0.708. The lowest BCUT2D eigenvalue weighted by molar-refractivity contribution is 0.0706. The second kappa shape index (κ2) is 8.73. The Morgan fingerprint density at radius 2 is 1.90 bits per heavy atom. The third-order valence-electron chi connectivity index (χ3n) is 5.17. The lowest BCUT2D eigenvalue weighted by atomic mass is 9.94. The topological polar surface area (TPSA) is 67.3 Å². The predicted molar refractivity (Wildman–Crippen MR) is 113 cm³/mol. The number of aromatic nitrogens is 2. The summed E-state index contributed by atoms with van der Waals surface area (Å²) in [7, 11) is 1.62. The Kier molecular flexibility index (Phi) is 5.70. The lowest BCUT2D eigenvalue weighted by Gasteiger charge is -2.32. The van der Waals surface area contributed by atoms with Gasteiger partial charge in [-0.2, -0.15) is 0 Å². The van der Waals surface area contributed by atoms with Gasteiger partial charge in [-0.3, -0.25) is 4.79 Å². The number of benzene rings is 2. The van der Waals surface area contributed by atoms with E-state index in [0.717, 1.165) is 36.5 Å². The van der Waals surface area contributed by atoms with Crippen LogP contribution in [-0.2, 0) is 0 Å². The Balaban J connectivity index is 1.46. The van der Waals surface area contributed by atoms with E-state index in [9.17, 15) is 4.79 Å². The van der Waals surface area contributed by atoms with Gasteiger partial charge in [-0.25, -0.2) is 9.97 Å². The van der Waals surface area contributed by atoms with Gasteiger partial charge in [0, 0.05) is 36.5 Å². The number of methoxy groups -OCH3 is 1. The van der Waals surface area contributed by atoms with Gasteiger partial charge in [0.2, 0.25) is 5.95 Å². The second-order valence-electron chi connectivity index (χ2n) is 7.11. The number of para-hydroxylation sites is 1. The molecule has 0 radical (unpaired) electrons. The Hall–Kier alpha value is -3.41. The Morgan fingerprint density at radius 1 is 1.10 bits per heavy atom. The van der Waals surface area contributed by atoms with Gasteiger partial charge in [0.05, 0.1) is 12.8 Å². The van der Waals surface area contributed by atoms with Gasteiger partial charge in [-0.1, -0.05) is 18.2 Å². The lowest BCUT2D eigenvalue weighted by Crippen LogP contribution is -2.39. The zero-order valence-corrected chi connectivity index (χ0v) is 16.4. The highest BCUT2D eigenvalue weighted by Gasteiger charge is 2.26. The second-order valence-corrected chi connectivity index (χ2v) is 7.11. The average molecular weight is 388 g/mol. The number of anilines is 2. The van der Waals surface area contributed by atoms with Crippen molar-refractivity contribution in [3.8, 4) is 5.75 Å². The Bertz CT molecular complexity index is 960. The van der Waals surface area contributed by atoms with E-state index in [1.807, 2.05) is 65.6 Å². The molecule has 6 heteroatoms. The molecule has 1 atom stereocenters. The molecule has 2 heterocycles. The van der Waals surface area contributed by atoms with Crippen LogP contribution in [0.25, 0.3) is 0 Å². The minimum absolute atomic E-state index is 0.0500. The molecule has 6 nitrogen and oxygen atoms in total. The Labute approximate surface area is 170 Å². The summed E-state index contributed by atoms with van der Waals surface area (Å²) in [4.78, 5) is 23.9. The molecule has 1 aromatic heterocycles. The third kappa shape index (κ3) is 4.54. The number of piperidine rings is 1. The summed E-state index contributed by atoms with van der Waals surface area (Å²) in [5.74, 6) is 1.57. The molecule has 1 amide bonds. The minimum Gasteiger partial charge on any atom is -0.497 e. The van der Waals surface area contributed by atoms with Crippen LogP contribution >= 0.6 is 0 Å². The smallest absolute Gasteiger partial charge is 0.253 e. The van der Waals surface area contributed by atoms with Crippen LogP contribution in [0, 0.1) is 0 Å². The van der Waals surface area contributed by atoms with Crippen LogP contribution in [0.15, 0.2) is 66.9 Å². The number of carbonyl (C=O) groups is 1. The van der Waals surface area contributed by atoms with E-state index in [-0.39, 0.29) is 11.8 Å². The van der Waals surface area contributed by atoms with Crippen molar-refractivity contribution >= 4 is 17.5 Å². The zero-order chi connectivity index (χ0) is 20.1. The molecule has 1 fully saturated rings. The Morgan fingerprint density at radius 3 is 2.66 bits per heavy atom. The molecule has 1 unspecified atom stereocenters. The summed E-state index contributed by atoms with van der Waals surface area (Å²) in [6.07, 6.45) is 3.74. The molecule has 3 aromatic rings. The number of hydrogen-bond donors (Lipinski definition) is 1. The molecule has 1 saturated heterocycles. The number of ether oxygens (including phenoxy) is 1. The van der Waals surface area contributed by atoms with Crippen LogP contribution in [0.1, 0.15) is 34.8 Å². The minimum atomic E-state index is 0.0500. The molecule has 29 heavy (non-hydrogen) atoms. The molecule has 0 spiro atoms. The molecule has 2 aromatic carbocycles. The first-order valence-corrected chi connectivity index (χ1v) is 9.81.